The molecule has 0 aliphatic heterocycles. The third-order valence-electron chi connectivity index (χ3n) is 1.21. The zero-order valence-electron chi connectivity index (χ0n) is 5.49. The van der Waals surface area contributed by atoms with Crippen molar-refractivity contribution in [1.82, 2.24) is 0 Å². The molecule has 2 heteroatoms. The number of hydrogen-bond acceptors (Lipinski definition) is 1. The summed E-state index contributed by atoms with van der Waals surface area (Å²) < 4.78 is 1.94. The van der Waals surface area contributed by atoms with Crippen LogP contribution in [0.2, 0.25) is 0 Å². The van der Waals surface area contributed by atoms with Crippen LogP contribution in [-0.4, -0.2) is 0 Å². The van der Waals surface area contributed by atoms with Gasteiger partial charge in [0.2, 0.25) is 6.17 Å². The Balaban J connectivity index is 2.85. The Morgan fingerprint density at radius 1 is 1.22 bits per heavy atom. The van der Waals surface area contributed by atoms with Gasteiger partial charge in [0.05, 0.1) is 0 Å². The van der Waals surface area contributed by atoms with E-state index in [9.17, 15) is 0 Å². The fourth-order valence-electron chi connectivity index (χ4n) is 0.683. The van der Waals surface area contributed by atoms with Crippen LogP contribution in [0.4, 0.5) is 0 Å². The molecule has 2 N–H and O–H groups in total. The van der Waals surface area contributed by atoms with Gasteiger partial charge in [-0.05, 0) is 0 Å². The van der Waals surface area contributed by atoms with Crippen molar-refractivity contribution in [1.29, 1.82) is 0 Å². The highest BCUT2D eigenvalue weighted by molar-refractivity contribution is 4.83. The summed E-state index contributed by atoms with van der Waals surface area (Å²) in [4.78, 5) is 0. The first-order valence-electron chi connectivity index (χ1n) is 3.02. The molecular weight excluding hydrogens is 112 g/mol. The first-order valence-corrected chi connectivity index (χ1v) is 3.02. The molecule has 1 rings (SSSR count). The minimum Gasteiger partial charge on any atom is -0.273 e. The molecule has 0 saturated heterocycles. The lowest BCUT2D eigenvalue weighted by Gasteiger charge is -1.96. The van der Waals surface area contributed by atoms with Gasteiger partial charge in [0, 0.05) is 19.1 Å². The van der Waals surface area contributed by atoms with Gasteiger partial charge >= 0.3 is 0 Å². The van der Waals surface area contributed by atoms with Crippen LogP contribution >= 0.6 is 0 Å². The lowest BCUT2D eigenvalue weighted by atomic mass is 10.4. The van der Waals surface area contributed by atoms with Crippen LogP contribution in [0.5, 0.6) is 0 Å². The molecule has 0 saturated carbocycles. The maximum Gasteiger partial charge on any atom is 0.206 e. The summed E-state index contributed by atoms with van der Waals surface area (Å²) in [6.45, 7) is 1.94. The molecule has 1 aromatic rings. The molecule has 1 unspecified atom stereocenters. The molecule has 1 aromatic heterocycles. The molecular formula is C7H11N2+. The Kier molecular flexibility index (Phi) is 1.80. The second kappa shape index (κ2) is 2.60. The summed E-state index contributed by atoms with van der Waals surface area (Å²) in [5, 5.41) is 0. The molecule has 1 atom stereocenters. The van der Waals surface area contributed by atoms with E-state index < -0.39 is 0 Å². The van der Waals surface area contributed by atoms with Gasteiger partial charge in [0.25, 0.3) is 0 Å². The normalized spacial score (nSPS) is 13.1. The van der Waals surface area contributed by atoms with Gasteiger partial charge in [-0.25, -0.2) is 0 Å². The van der Waals surface area contributed by atoms with E-state index >= 15 is 0 Å². The molecule has 0 aliphatic rings. The van der Waals surface area contributed by atoms with Gasteiger partial charge in [0.15, 0.2) is 12.4 Å². The van der Waals surface area contributed by atoms with Crippen molar-refractivity contribution in [3.63, 3.8) is 0 Å². The number of hydrogen-bond donors (Lipinski definition) is 1. The van der Waals surface area contributed by atoms with E-state index in [0.29, 0.717) is 0 Å². The van der Waals surface area contributed by atoms with Gasteiger partial charge < -0.3 is 0 Å². The van der Waals surface area contributed by atoms with Crippen molar-refractivity contribution >= 4 is 0 Å². The van der Waals surface area contributed by atoms with Gasteiger partial charge in [-0.3, -0.25) is 5.73 Å². The predicted octanol–water partition coefficient (Wildman–Crippen LogP) is 0.451. The first-order chi connectivity index (χ1) is 4.30. The monoisotopic (exact) mass is 123 g/mol. The van der Waals surface area contributed by atoms with Crippen LogP contribution in [0.25, 0.3) is 0 Å². The molecule has 0 fully saturated rings. The summed E-state index contributed by atoms with van der Waals surface area (Å²) in [5.41, 5.74) is 5.58. The van der Waals surface area contributed by atoms with E-state index in [1.807, 2.05) is 42.1 Å². The van der Waals surface area contributed by atoms with Gasteiger partial charge in [-0.2, -0.15) is 4.57 Å². The van der Waals surface area contributed by atoms with E-state index in [-0.39, 0.29) is 6.17 Å². The third kappa shape index (κ3) is 1.50. The van der Waals surface area contributed by atoms with E-state index in [2.05, 4.69) is 0 Å². The minimum absolute atomic E-state index is 0.0752. The number of nitrogens with two attached hydrogens (primary N) is 1. The smallest absolute Gasteiger partial charge is 0.206 e. The summed E-state index contributed by atoms with van der Waals surface area (Å²) >= 11 is 0. The highest BCUT2D eigenvalue weighted by Crippen LogP contribution is 1.81. The summed E-state index contributed by atoms with van der Waals surface area (Å²) in [5.74, 6) is 0. The summed E-state index contributed by atoms with van der Waals surface area (Å²) in [7, 11) is 0. The molecule has 0 radical (unpaired) electrons. The van der Waals surface area contributed by atoms with Gasteiger partial charge in [-0.15, -0.1) is 0 Å². The molecule has 9 heavy (non-hydrogen) atoms. The Bertz CT molecular complexity index is 170. The van der Waals surface area contributed by atoms with Crippen LogP contribution in [-0.2, 0) is 0 Å². The Hall–Kier alpha value is -0.890. The highest BCUT2D eigenvalue weighted by Gasteiger charge is 2.00. The van der Waals surface area contributed by atoms with E-state index in [1.54, 1.807) is 0 Å². The van der Waals surface area contributed by atoms with Crippen LogP contribution in [0.3, 0.4) is 0 Å². The second-order valence-electron chi connectivity index (χ2n) is 2.06. The van der Waals surface area contributed by atoms with Crippen LogP contribution in [0.15, 0.2) is 30.6 Å². The van der Waals surface area contributed by atoms with Crippen molar-refractivity contribution in [2.24, 2.45) is 5.73 Å². The topological polar surface area (TPSA) is 29.9 Å². The molecule has 0 aromatic carbocycles. The number of rotatable bonds is 1. The zero-order valence-corrected chi connectivity index (χ0v) is 5.49. The van der Waals surface area contributed by atoms with Gasteiger partial charge in [0.1, 0.15) is 0 Å². The van der Waals surface area contributed by atoms with Crippen molar-refractivity contribution in [2.45, 2.75) is 13.1 Å². The van der Waals surface area contributed by atoms with Crippen molar-refractivity contribution < 1.29 is 4.57 Å². The number of pyridine rings is 1. The fraction of sp³-hybridized carbons (Fsp3) is 0.286. The Morgan fingerprint density at radius 3 is 2.11 bits per heavy atom. The summed E-state index contributed by atoms with van der Waals surface area (Å²) in [6, 6.07) is 5.89. The molecule has 0 spiro atoms. The fourth-order valence-corrected chi connectivity index (χ4v) is 0.683. The lowest BCUT2D eigenvalue weighted by molar-refractivity contribution is -0.719. The molecule has 48 valence electrons. The molecule has 2 nitrogen and oxygen atoms in total. The minimum atomic E-state index is 0.0752. The highest BCUT2D eigenvalue weighted by atomic mass is 15.1. The Labute approximate surface area is 54.9 Å². The number of nitrogens with zero attached hydrogens (tertiary/aromatic N) is 1. The maximum atomic E-state index is 5.58. The standard InChI is InChI=1S/C7H11N2/c1-7(8)9-5-3-2-4-6-9/h2-7H,8H2,1H3/q+1. The average molecular weight is 123 g/mol. The van der Waals surface area contributed by atoms with E-state index in [0.717, 1.165) is 0 Å². The van der Waals surface area contributed by atoms with Crippen molar-refractivity contribution in [3.8, 4) is 0 Å². The SMILES string of the molecule is CC(N)[n+]1ccccc1. The van der Waals surface area contributed by atoms with Crippen molar-refractivity contribution in [2.75, 3.05) is 0 Å². The van der Waals surface area contributed by atoms with Crippen LogP contribution in [0.1, 0.15) is 13.1 Å². The van der Waals surface area contributed by atoms with Crippen molar-refractivity contribution in [3.05, 3.63) is 30.6 Å². The predicted molar refractivity (Wildman–Crippen MR) is 35.5 cm³/mol. The quantitative estimate of drug-likeness (QED) is 0.540. The summed E-state index contributed by atoms with van der Waals surface area (Å²) in [6.07, 6.45) is 3.97. The van der Waals surface area contributed by atoms with E-state index in [1.165, 1.54) is 0 Å². The zero-order chi connectivity index (χ0) is 6.69. The molecule has 0 aliphatic carbocycles. The molecule has 1 heterocycles. The average Bonchev–Trinajstić information content (AvgIpc) is 1.90. The maximum absolute atomic E-state index is 5.58. The first kappa shape index (κ1) is 6.23. The van der Waals surface area contributed by atoms with Crippen LogP contribution in [0, 0.1) is 0 Å². The molecule has 0 amide bonds. The molecule has 0 bridgehead atoms. The Morgan fingerprint density at radius 2 is 1.78 bits per heavy atom. The largest absolute Gasteiger partial charge is 0.273 e. The lowest BCUT2D eigenvalue weighted by Crippen LogP contribution is -2.41. The number of aromatic nitrogens is 1. The second-order valence-corrected chi connectivity index (χ2v) is 2.06. The van der Waals surface area contributed by atoms with E-state index in [4.69, 9.17) is 5.73 Å². The third-order valence-corrected chi connectivity index (χ3v) is 1.21. The van der Waals surface area contributed by atoms with Gasteiger partial charge in [-0.1, -0.05) is 6.07 Å². The van der Waals surface area contributed by atoms with Crippen LogP contribution < -0.4 is 10.3 Å².